The Hall–Kier alpha value is -2.92. The number of ether oxygens (including phenoxy) is 2. The molecule has 0 aliphatic carbocycles. The maximum atomic E-state index is 13.2. The van der Waals surface area contributed by atoms with Crippen molar-refractivity contribution in [2.24, 2.45) is 0 Å². The zero-order valence-electron chi connectivity index (χ0n) is 15.1. The minimum atomic E-state index is -1.05. The predicted molar refractivity (Wildman–Crippen MR) is 103 cm³/mol. The molecule has 0 aliphatic heterocycles. The van der Waals surface area contributed by atoms with Crippen LogP contribution in [0.15, 0.2) is 35.5 Å². The number of thioether (sulfide) groups is 1. The Balaban J connectivity index is 1.75. The number of nitrogens with one attached hydrogen (secondary N) is 1. The molecule has 0 spiro atoms. The second-order valence-electron chi connectivity index (χ2n) is 5.50. The third-order valence-electron chi connectivity index (χ3n) is 3.66. The van der Waals surface area contributed by atoms with Crippen LogP contribution in [0.1, 0.15) is 0 Å². The predicted octanol–water partition coefficient (Wildman–Crippen LogP) is 3.34. The number of carbonyl (C=O) groups is 1. The van der Waals surface area contributed by atoms with Crippen LogP contribution in [0.2, 0.25) is 5.02 Å². The zero-order valence-corrected chi connectivity index (χ0v) is 16.7. The van der Waals surface area contributed by atoms with E-state index in [0.717, 1.165) is 23.9 Å². The summed E-state index contributed by atoms with van der Waals surface area (Å²) >= 11 is 7.15. The highest BCUT2D eigenvalue weighted by molar-refractivity contribution is 7.99. The van der Waals surface area contributed by atoms with Crippen LogP contribution in [-0.2, 0) is 4.79 Å². The number of methoxy groups -OCH3 is 2. The molecule has 1 amide bonds. The normalized spacial score (nSPS) is 10.7. The molecule has 0 unspecified atom stereocenters. The van der Waals surface area contributed by atoms with Gasteiger partial charge in [-0.3, -0.25) is 4.79 Å². The molecular weight excluding hydrogens is 428 g/mol. The van der Waals surface area contributed by atoms with Crippen LogP contribution in [0.3, 0.4) is 0 Å². The molecule has 0 saturated heterocycles. The first-order valence-electron chi connectivity index (χ1n) is 8.01. The van der Waals surface area contributed by atoms with Gasteiger partial charge in [-0.15, -0.1) is 5.10 Å². The van der Waals surface area contributed by atoms with E-state index in [4.69, 9.17) is 21.1 Å². The van der Waals surface area contributed by atoms with Gasteiger partial charge in [0.2, 0.25) is 11.1 Å². The van der Waals surface area contributed by atoms with Crippen molar-refractivity contribution >= 4 is 35.0 Å². The van der Waals surface area contributed by atoms with Gasteiger partial charge < -0.3 is 14.8 Å². The Morgan fingerprint density at radius 3 is 2.62 bits per heavy atom. The number of nitrogens with zero attached hydrogens (tertiary/aromatic N) is 4. The van der Waals surface area contributed by atoms with E-state index in [9.17, 15) is 13.6 Å². The molecule has 0 atom stereocenters. The summed E-state index contributed by atoms with van der Waals surface area (Å²) in [6.45, 7) is 0. The van der Waals surface area contributed by atoms with Crippen LogP contribution in [0, 0.1) is 11.6 Å². The van der Waals surface area contributed by atoms with Crippen LogP contribution in [0.5, 0.6) is 11.5 Å². The largest absolute Gasteiger partial charge is 0.495 e. The number of benzene rings is 2. The van der Waals surface area contributed by atoms with Gasteiger partial charge in [0.1, 0.15) is 17.2 Å². The number of hydrogen-bond acceptors (Lipinski definition) is 7. The van der Waals surface area contributed by atoms with Gasteiger partial charge >= 0.3 is 0 Å². The first kappa shape index (κ1) is 20.8. The Morgan fingerprint density at radius 2 is 1.93 bits per heavy atom. The van der Waals surface area contributed by atoms with Crippen molar-refractivity contribution in [2.75, 3.05) is 25.3 Å². The fraction of sp³-hybridized carbons (Fsp3) is 0.176. The molecule has 3 aromatic rings. The lowest BCUT2D eigenvalue weighted by molar-refractivity contribution is -0.113. The Kier molecular flexibility index (Phi) is 6.49. The molecular formula is C17H14ClF2N5O3S. The van der Waals surface area contributed by atoms with Crippen molar-refractivity contribution in [2.45, 2.75) is 5.16 Å². The summed E-state index contributed by atoms with van der Waals surface area (Å²) in [7, 11) is 2.93. The molecule has 1 heterocycles. The van der Waals surface area contributed by atoms with Gasteiger partial charge in [-0.2, -0.15) is 4.68 Å². The Bertz CT molecular complexity index is 1050. The number of amides is 1. The van der Waals surface area contributed by atoms with Crippen LogP contribution in [0.4, 0.5) is 14.5 Å². The van der Waals surface area contributed by atoms with Gasteiger partial charge in [0, 0.05) is 23.9 Å². The summed E-state index contributed by atoms with van der Waals surface area (Å²) in [5.74, 6) is -1.78. The lowest BCUT2D eigenvalue weighted by atomic mass is 10.2. The number of aromatic nitrogens is 4. The van der Waals surface area contributed by atoms with Crippen molar-refractivity contribution in [3.05, 3.63) is 47.0 Å². The van der Waals surface area contributed by atoms with Crippen molar-refractivity contribution < 1.29 is 23.0 Å². The van der Waals surface area contributed by atoms with Gasteiger partial charge in [0.15, 0.2) is 11.6 Å². The summed E-state index contributed by atoms with van der Waals surface area (Å²) in [5, 5.41) is 14.6. The summed E-state index contributed by atoms with van der Waals surface area (Å²) < 4.78 is 38.1. The molecule has 2 aromatic carbocycles. The molecule has 1 N–H and O–H groups in total. The van der Waals surface area contributed by atoms with Gasteiger partial charge in [0.05, 0.1) is 25.0 Å². The first-order valence-corrected chi connectivity index (χ1v) is 9.37. The lowest BCUT2D eigenvalue weighted by Gasteiger charge is -2.12. The Labute approximate surface area is 173 Å². The average molecular weight is 442 g/mol. The van der Waals surface area contributed by atoms with Gasteiger partial charge in [-0.05, 0) is 22.6 Å². The van der Waals surface area contributed by atoms with E-state index in [1.165, 1.54) is 25.0 Å². The number of tetrazole rings is 1. The fourth-order valence-electron chi connectivity index (χ4n) is 2.33. The standard InChI is InChI=1S/C17H14ClF2N5O3S/c1-27-14-7-13(15(28-2)6-10(14)18)25-17(22-23-24-25)29-8-16(26)21-9-3-4-11(19)12(20)5-9/h3-7H,8H2,1-2H3,(H,21,26). The molecule has 12 heteroatoms. The summed E-state index contributed by atoms with van der Waals surface area (Å²) in [6, 6.07) is 6.24. The average Bonchev–Trinajstić information content (AvgIpc) is 3.17. The maximum absolute atomic E-state index is 13.2. The third kappa shape index (κ3) is 4.74. The molecule has 0 saturated carbocycles. The van der Waals surface area contributed by atoms with E-state index < -0.39 is 17.5 Å². The van der Waals surface area contributed by atoms with Crippen LogP contribution in [0.25, 0.3) is 5.69 Å². The highest BCUT2D eigenvalue weighted by atomic mass is 35.5. The molecule has 0 bridgehead atoms. The number of hydrogen-bond donors (Lipinski definition) is 1. The number of halogens is 3. The SMILES string of the molecule is COc1cc(-n2nnnc2SCC(=O)Nc2ccc(F)c(F)c2)c(OC)cc1Cl. The second-order valence-corrected chi connectivity index (χ2v) is 6.85. The Morgan fingerprint density at radius 1 is 1.17 bits per heavy atom. The molecule has 1 aromatic heterocycles. The highest BCUT2D eigenvalue weighted by Crippen LogP contribution is 2.35. The monoisotopic (exact) mass is 441 g/mol. The second kappa shape index (κ2) is 9.05. The molecule has 152 valence electrons. The first-order chi connectivity index (χ1) is 13.9. The lowest BCUT2D eigenvalue weighted by Crippen LogP contribution is -2.15. The van der Waals surface area contributed by atoms with E-state index in [0.29, 0.717) is 27.4 Å². The van der Waals surface area contributed by atoms with Crippen LogP contribution in [-0.4, -0.2) is 46.1 Å². The van der Waals surface area contributed by atoms with Crippen LogP contribution < -0.4 is 14.8 Å². The maximum Gasteiger partial charge on any atom is 0.234 e. The minimum absolute atomic E-state index is 0.0770. The quantitative estimate of drug-likeness (QED) is 0.562. The van der Waals surface area contributed by atoms with E-state index in [1.807, 2.05) is 0 Å². The smallest absolute Gasteiger partial charge is 0.234 e. The topological polar surface area (TPSA) is 91.2 Å². The van der Waals surface area contributed by atoms with Gasteiger partial charge in [-0.25, -0.2) is 8.78 Å². The molecule has 0 fully saturated rings. The van der Waals surface area contributed by atoms with Crippen molar-refractivity contribution in [3.8, 4) is 17.2 Å². The van der Waals surface area contributed by atoms with Crippen LogP contribution >= 0.6 is 23.4 Å². The summed E-state index contributed by atoms with van der Waals surface area (Å²) in [6.07, 6.45) is 0. The van der Waals surface area contributed by atoms with E-state index in [1.54, 1.807) is 12.1 Å². The number of anilines is 1. The number of rotatable bonds is 7. The molecule has 29 heavy (non-hydrogen) atoms. The van der Waals surface area contributed by atoms with Gasteiger partial charge in [-0.1, -0.05) is 23.4 Å². The third-order valence-corrected chi connectivity index (χ3v) is 4.87. The van der Waals surface area contributed by atoms with Crippen molar-refractivity contribution in [3.63, 3.8) is 0 Å². The van der Waals surface area contributed by atoms with Gasteiger partial charge in [0.25, 0.3) is 0 Å². The van der Waals surface area contributed by atoms with Crippen molar-refractivity contribution in [1.29, 1.82) is 0 Å². The zero-order chi connectivity index (χ0) is 21.0. The fourth-order valence-corrected chi connectivity index (χ4v) is 3.25. The summed E-state index contributed by atoms with van der Waals surface area (Å²) in [4.78, 5) is 12.1. The van der Waals surface area contributed by atoms with E-state index >= 15 is 0 Å². The molecule has 8 nitrogen and oxygen atoms in total. The molecule has 0 radical (unpaired) electrons. The molecule has 0 aliphatic rings. The molecule has 3 rings (SSSR count). The highest BCUT2D eigenvalue weighted by Gasteiger charge is 2.18. The summed E-state index contributed by atoms with van der Waals surface area (Å²) in [5.41, 5.74) is 0.598. The number of carbonyl (C=O) groups excluding carboxylic acids is 1. The van der Waals surface area contributed by atoms with Crippen molar-refractivity contribution in [1.82, 2.24) is 20.2 Å². The minimum Gasteiger partial charge on any atom is -0.495 e. The van der Waals surface area contributed by atoms with E-state index in [-0.39, 0.29) is 11.4 Å². The van der Waals surface area contributed by atoms with E-state index in [2.05, 4.69) is 20.8 Å².